The molecule has 1 atom stereocenters. The largest absolute Gasteiger partial charge is 0.325 e. The standard InChI is InChI=1S/C13H16F3N3O/c1-8(19-4-2-17-3-5-19)13(20)18-9-6-10(14)12(16)11(15)7-9/h6-8,17H,2-5H2,1H3,(H,18,20). The molecule has 20 heavy (non-hydrogen) atoms. The second-order valence-electron chi connectivity index (χ2n) is 4.71. The highest BCUT2D eigenvalue weighted by atomic mass is 19.2. The number of anilines is 1. The first-order valence-corrected chi connectivity index (χ1v) is 6.39. The van der Waals surface area contributed by atoms with Gasteiger partial charge in [0.05, 0.1) is 6.04 Å². The fourth-order valence-electron chi connectivity index (χ4n) is 2.11. The molecule has 7 heteroatoms. The van der Waals surface area contributed by atoms with Crippen molar-refractivity contribution >= 4 is 11.6 Å². The van der Waals surface area contributed by atoms with Crippen LogP contribution in [0.4, 0.5) is 18.9 Å². The van der Waals surface area contributed by atoms with Gasteiger partial charge in [0.2, 0.25) is 5.91 Å². The van der Waals surface area contributed by atoms with Gasteiger partial charge in [0.1, 0.15) is 0 Å². The number of halogens is 3. The van der Waals surface area contributed by atoms with Crippen LogP contribution in [0.25, 0.3) is 0 Å². The molecule has 0 spiro atoms. The van der Waals surface area contributed by atoms with E-state index in [2.05, 4.69) is 10.6 Å². The van der Waals surface area contributed by atoms with Crippen molar-refractivity contribution in [1.82, 2.24) is 10.2 Å². The Balaban J connectivity index is 2.03. The van der Waals surface area contributed by atoms with Gasteiger partial charge in [-0.2, -0.15) is 0 Å². The van der Waals surface area contributed by atoms with Gasteiger partial charge in [-0.1, -0.05) is 0 Å². The Morgan fingerprint density at radius 3 is 2.35 bits per heavy atom. The van der Waals surface area contributed by atoms with Gasteiger partial charge in [0.15, 0.2) is 17.5 Å². The Morgan fingerprint density at radius 1 is 1.25 bits per heavy atom. The molecule has 1 amide bonds. The first-order chi connectivity index (χ1) is 9.49. The van der Waals surface area contributed by atoms with Gasteiger partial charge in [-0.15, -0.1) is 0 Å². The molecule has 0 radical (unpaired) electrons. The molecule has 1 heterocycles. The zero-order valence-corrected chi connectivity index (χ0v) is 11.0. The lowest BCUT2D eigenvalue weighted by Gasteiger charge is -2.31. The van der Waals surface area contributed by atoms with Crippen molar-refractivity contribution < 1.29 is 18.0 Å². The number of nitrogens with zero attached hydrogens (tertiary/aromatic N) is 1. The highest BCUT2D eigenvalue weighted by Crippen LogP contribution is 2.18. The summed E-state index contributed by atoms with van der Waals surface area (Å²) in [5, 5.41) is 5.57. The van der Waals surface area contributed by atoms with Crippen molar-refractivity contribution in [3.63, 3.8) is 0 Å². The first kappa shape index (κ1) is 14.8. The van der Waals surface area contributed by atoms with Gasteiger partial charge in [-0.05, 0) is 6.92 Å². The molecule has 0 saturated carbocycles. The van der Waals surface area contributed by atoms with Gasteiger partial charge in [0, 0.05) is 44.0 Å². The van der Waals surface area contributed by atoms with Crippen LogP contribution in [0.5, 0.6) is 0 Å². The quantitative estimate of drug-likeness (QED) is 0.825. The molecular formula is C13H16F3N3O. The molecule has 110 valence electrons. The normalized spacial score (nSPS) is 17.8. The van der Waals surface area contributed by atoms with E-state index in [9.17, 15) is 18.0 Å². The van der Waals surface area contributed by atoms with Crippen LogP contribution in [0.15, 0.2) is 12.1 Å². The maximum atomic E-state index is 13.1. The van der Waals surface area contributed by atoms with Crippen LogP contribution < -0.4 is 10.6 Å². The van der Waals surface area contributed by atoms with Crippen LogP contribution in [0.3, 0.4) is 0 Å². The molecule has 1 unspecified atom stereocenters. The fraction of sp³-hybridized carbons (Fsp3) is 0.462. The third-order valence-electron chi connectivity index (χ3n) is 3.33. The molecular weight excluding hydrogens is 271 g/mol. The van der Waals surface area contributed by atoms with Crippen LogP contribution in [0.1, 0.15) is 6.92 Å². The lowest BCUT2D eigenvalue weighted by molar-refractivity contribution is -0.120. The summed E-state index contributed by atoms with van der Waals surface area (Å²) in [4.78, 5) is 14.0. The van der Waals surface area contributed by atoms with Crippen LogP contribution in [0, 0.1) is 17.5 Å². The topological polar surface area (TPSA) is 44.4 Å². The minimum Gasteiger partial charge on any atom is -0.325 e. The van der Waals surface area contributed by atoms with Crippen molar-refractivity contribution in [2.75, 3.05) is 31.5 Å². The molecule has 1 aliphatic rings. The number of hydrogen-bond acceptors (Lipinski definition) is 3. The summed E-state index contributed by atoms with van der Waals surface area (Å²) < 4.78 is 38.9. The number of amides is 1. The van der Waals surface area contributed by atoms with E-state index in [1.165, 1.54) is 0 Å². The average Bonchev–Trinajstić information content (AvgIpc) is 2.44. The number of carbonyl (C=O) groups is 1. The van der Waals surface area contributed by atoms with Crippen molar-refractivity contribution in [1.29, 1.82) is 0 Å². The Morgan fingerprint density at radius 2 is 1.80 bits per heavy atom. The average molecular weight is 287 g/mol. The third kappa shape index (κ3) is 3.29. The summed E-state index contributed by atoms with van der Waals surface area (Å²) in [7, 11) is 0. The second kappa shape index (κ2) is 6.23. The van der Waals surface area contributed by atoms with Crippen molar-refractivity contribution in [2.45, 2.75) is 13.0 Å². The number of benzene rings is 1. The molecule has 2 rings (SSSR count). The fourth-order valence-corrected chi connectivity index (χ4v) is 2.11. The van der Waals surface area contributed by atoms with E-state index in [1.807, 2.05) is 4.90 Å². The van der Waals surface area contributed by atoms with Gasteiger partial charge in [-0.3, -0.25) is 9.69 Å². The minimum atomic E-state index is -1.54. The number of nitrogens with one attached hydrogen (secondary N) is 2. The van der Waals surface area contributed by atoms with E-state index >= 15 is 0 Å². The van der Waals surface area contributed by atoms with Gasteiger partial charge in [-0.25, -0.2) is 13.2 Å². The molecule has 0 aromatic heterocycles. The Hall–Kier alpha value is -1.60. The molecule has 4 nitrogen and oxygen atoms in total. The number of rotatable bonds is 3. The Labute approximate surface area is 114 Å². The third-order valence-corrected chi connectivity index (χ3v) is 3.33. The predicted octanol–water partition coefficient (Wildman–Crippen LogP) is 1.34. The van der Waals surface area contributed by atoms with Crippen molar-refractivity contribution in [3.8, 4) is 0 Å². The summed E-state index contributed by atoms with van der Waals surface area (Å²) in [6, 6.07) is 1.11. The highest BCUT2D eigenvalue weighted by molar-refractivity contribution is 5.94. The summed E-state index contributed by atoms with van der Waals surface area (Å²) in [6.45, 7) is 4.74. The lowest BCUT2D eigenvalue weighted by Crippen LogP contribution is -2.51. The Bertz CT molecular complexity index is 481. The van der Waals surface area contributed by atoms with Gasteiger partial charge in [0.25, 0.3) is 0 Å². The SMILES string of the molecule is CC(C(=O)Nc1cc(F)c(F)c(F)c1)N1CCNCC1. The van der Waals surface area contributed by atoms with E-state index in [1.54, 1.807) is 6.92 Å². The number of piperazine rings is 1. The zero-order chi connectivity index (χ0) is 14.7. The maximum Gasteiger partial charge on any atom is 0.241 e. The molecule has 1 aliphatic heterocycles. The molecule has 2 N–H and O–H groups in total. The summed E-state index contributed by atoms with van der Waals surface area (Å²) in [5.41, 5.74) is -0.0895. The van der Waals surface area contributed by atoms with E-state index in [0.717, 1.165) is 38.3 Å². The number of hydrogen-bond donors (Lipinski definition) is 2. The van der Waals surface area contributed by atoms with E-state index in [4.69, 9.17) is 0 Å². The first-order valence-electron chi connectivity index (χ1n) is 6.39. The summed E-state index contributed by atoms with van der Waals surface area (Å²) in [6.07, 6.45) is 0. The van der Waals surface area contributed by atoms with Crippen molar-refractivity contribution in [2.24, 2.45) is 0 Å². The summed E-state index contributed by atoms with van der Waals surface area (Å²) >= 11 is 0. The monoisotopic (exact) mass is 287 g/mol. The zero-order valence-electron chi connectivity index (χ0n) is 11.0. The predicted molar refractivity (Wildman–Crippen MR) is 68.9 cm³/mol. The Kier molecular flexibility index (Phi) is 4.61. The summed E-state index contributed by atoms with van der Waals surface area (Å²) in [5.74, 6) is -4.57. The van der Waals surface area contributed by atoms with Gasteiger partial charge >= 0.3 is 0 Å². The van der Waals surface area contributed by atoms with Crippen LogP contribution in [0.2, 0.25) is 0 Å². The molecule has 0 aliphatic carbocycles. The molecule has 0 bridgehead atoms. The van der Waals surface area contributed by atoms with E-state index in [0.29, 0.717) is 0 Å². The molecule has 1 saturated heterocycles. The lowest BCUT2D eigenvalue weighted by atomic mass is 10.2. The number of carbonyl (C=O) groups excluding carboxylic acids is 1. The van der Waals surface area contributed by atoms with Crippen molar-refractivity contribution in [3.05, 3.63) is 29.6 Å². The van der Waals surface area contributed by atoms with E-state index < -0.39 is 23.5 Å². The van der Waals surface area contributed by atoms with Gasteiger partial charge < -0.3 is 10.6 Å². The van der Waals surface area contributed by atoms with Crippen LogP contribution in [-0.4, -0.2) is 43.0 Å². The molecule has 1 aromatic carbocycles. The molecule has 1 fully saturated rings. The van der Waals surface area contributed by atoms with Crippen LogP contribution >= 0.6 is 0 Å². The van der Waals surface area contributed by atoms with Crippen LogP contribution in [-0.2, 0) is 4.79 Å². The smallest absolute Gasteiger partial charge is 0.241 e. The maximum absolute atomic E-state index is 13.1. The second-order valence-corrected chi connectivity index (χ2v) is 4.71. The molecule has 1 aromatic rings. The minimum absolute atomic E-state index is 0.0895. The van der Waals surface area contributed by atoms with E-state index in [-0.39, 0.29) is 11.6 Å². The highest BCUT2D eigenvalue weighted by Gasteiger charge is 2.23.